The molecule has 4 heterocycles. The number of likely N-dealkylation sites (tertiary alicyclic amines) is 1. The maximum Gasteiger partial charge on any atom is 0.261 e. The van der Waals surface area contributed by atoms with Gasteiger partial charge in [-0.05, 0) is 63.7 Å². The lowest BCUT2D eigenvalue weighted by Crippen LogP contribution is -2.35. The second-order valence-corrected chi connectivity index (χ2v) is 7.91. The van der Waals surface area contributed by atoms with E-state index in [1.54, 1.807) is 27.6 Å². The van der Waals surface area contributed by atoms with E-state index in [1.807, 2.05) is 25.3 Å². The summed E-state index contributed by atoms with van der Waals surface area (Å²) in [6, 6.07) is 7.17. The van der Waals surface area contributed by atoms with Crippen molar-refractivity contribution in [3.05, 3.63) is 64.9 Å². The summed E-state index contributed by atoms with van der Waals surface area (Å²) in [6.07, 6.45) is 7.20. The first kappa shape index (κ1) is 18.0. The molecule has 0 bridgehead atoms. The Labute approximate surface area is 167 Å². The number of benzene rings is 1. The normalized spacial score (nSPS) is 16.1. The lowest BCUT2D eigenvalue weighted by Gasteiger charge is -2.30. The Morgan fingerprint density at radius 1 is 1.10 bits per heavy atom. The van der Waals surface area contributed by atoms with Gasteiger partial charge in [0, 0.05) is 24.0 Å². The largest absolute Gasteiger partial charge is 0.306 e. The van der Waals surface area contributed by atoms with E-state index in [9.17, 15) is 9.18 Å². The van der Waals surface area contributed by atoms with Crippen LogP contribution < -0.4 is 5.56 Å². The van der Waals surface area contributed by atoms with Crippen LogP contribution >= 0.6 is 0 Å². The first-order valence-corrected chi connectivity index (χ1v) is 9.84. The van der Waals surface area contributed by atoms with Crippen molar-refractivity contribution in [2.75, 3.05) is 20.1 Å². The van der Waals surface area contributed by atoms with Gasteiger partial charge in [0.15, 0.2) is 11.5 Å². The van der Waals surface area contributed by atoms with Gasteiger partial charge in [0.05, 0.1) is 22.9 Å². The number of rotatable bonds is 2. The Morgan fingerprint density at radius 2 is 1.90 bits per heavy atom. The van der Waals surface area contributed by atoms with E-state index in [2.05, 4.69) is 21.9 Å². The third-order valence-electron chi connectivity index (χ3n) is 5.83. The summed E-state index contributed by atoms with van der Waals surface area (Å²) < 4.78 is 17.9. The third-order valence-corrected chi connectivity index (χ3v) is 5.83. The highest BCUT2D eigenvalue weighted by Crippen LogP contribution is 2.26. The number of fused-ring (bicyclic) bond motifs is 2. The third kappa shape index (κ3) is 3.11. The van der Waals surface area contributed by atoms with Gasteiger partial charge < -0.3 is 9.30 Å². The van der Waals surface area contributed by atoms with Crippen molar-refractivity contribution in [2.45, 2.75) is 25.8 Å². The SMILES string of the molecule is Cc1cn2cc(-c3ccc4c(=O)n(C5CCN(C)CC5)cnc4c3)cc(F)c2n1. The fourth-order valence-electron chi connectivity index (χ4n) is 4.19. The van der Waals surface area contributed by atoms with E-state index in [-0.39, 0.29) is 17.4 Å². The van der Waals surface area contributed by atoms with E-state index in [0.29, 0.717) is 16.6 Å². The molecule has 1 aliphatic heterocycles. The Balaban J connectivity index is 1.56. The average Bonchev–Trinajstić information content (AvgIpc) is 3.10. The molecule has 0 N–H and O–H groups in total. The molecule has 148 valence electrons. The number of imidazole rings is 1. The summed E-state index contributed by atoms with van der Waals surface area (Å²) in [5, 5.41) is 0.593. The van der Waals surface area contributed by atoms with E-state index in [0.717, 1.165) is 42.8 Å². The van der Waals surface area contributed by atoms with Crippen LogP contribution in [0.2, 0.25) is 0 Å². The van der Waals surface area contributed by atoms with Crippen LogP contribution in [-0.4, -0.2) is 44.0 Å². The molecule has 1 fully saturated rings. The quantitative estimate of drug-likeness (QED) is 0.525. The molecule has 3 aromatic heterocycles. The molecule has 1 saturated heterocycles. The Bertz CT molecular complexity index is 1280. The molecule has 1 aliphatic rings. The van der Waals surface area contributed by atoms with E-state index >= 15 is 0 Å². The minimum Gasteiger partial charge on any atom is -0.306 e. The van der Waals surface area contributed by atoms with Gasteiger partial charge in [0.2, 0.25) is 0 Å². The molecule has 0 radical (unpaired) electrons. The molecule has 29 heavy (non-hydrogen) atoms. The van der Waals surface area contributed by atoms with E-state index < -0.39 is 0 Å². The number of nitrogens with zero attached hydrogens (tertiary/aromatic N) is 5. The van der Waals surface area contributed by atoms with Crippen molar-refractivity contribution in [1.82, 2.24) is 23.8 Å². The summed E-state index contributed by atoms with van der Waals surface area (Å²) in [7, 11) is 2.10. The van der Waals surface area contributed by atoms with Gasteiger partial charge in [-0.3, -0.25) is 9.36 Å². The molecular weight excluding hydrogens is 369 g/mol. The predicted octanol–water partition coefficient (Wildman–Crippen LogP) is 3.43. The lowest BCUT2D eigenvalue weighted by molar-refractivity contribution is 0.218. The van der Waals surface area contributed by atoms with Crippen LogP contribution in [0.1, 0.15) is 24.6 Å². The minimum absolute atomic E-state index is 0.0111. The highest BCUT2D eigenvalue weighted by Gasteiger charge is 2.20. The van der Waals surface area contributed by atoms with Crippen molar-refractivity contribution < 1.29 is 4.39 Å². The number of aryl methyl sites for hydroxylation is 1. The van der Waals surface area contributed by atoms with Crippen LogP contribution in [0.4, 0.5) is 4.39 Å². The fraction of sp³-hybridized carbons (Fsp3) is 0.318. The molecule has 0 amide bonds. The highest BCUT2D eigenvalue weighted by molar-refractivity contribution is 5.83. The summed E-state index contributed by atoms with van der Waals surface area (Å²) in [4.78, 5) is 24.0. The number of pyridine rings is 1. The maximum absolute atomic E-state index is 14.5. The van der Waals surface area contributed by atoms with Crippen molar-refractivity contribution in [2.24, 2.45) is 0 Å². The molecule has 6 nitrogen and oxygen atoms in total. The second kappa shape index (κ2) is 6.77. The summed E-state index contributed by atoms with van der Waals surface area (Å²) in [5.74, 6) is -0.374. The zero-order chi connectivity index (χ0) is 20.1. The van der Waals surface area contributed by atoms with Gasteiger partial charge in [0.25, 0.3) is 5.56 Å². The molecular formula is C22H22FN5O. The first-order chi connectivity index (χ1) is 14.0. The highest BCUT2D eigenvalue weighted by atomic mass is 19.1. The molecule has 0 saturated carbocycles. The molecule has 1 aromatic carbocycles. The van der Waals surface area contributed by atoms with Crippen LogP contribution in [0.15, 0.2) is 47.8 Å². The molecule has 0 aliphatic carbocycles. The molecule has 4 aromatic rings. The molecule has 0 atom stereocenters. The number of aromatic nitrogens is 4. The van der Waals surface area contributed by atoms with Gasteiger partial charge in [-0.1, -0.05) is 6.07 Å². The average molecular weight is 391 g/mol. The molecule has 5 rings (SSSR count). The summed E-state index contributed by atoms with van der Waals surface area (Å²) >= 11 is 0. The van der Waals surface area contributed by atoms with Crippen LogP contribution in [0, 0.1) is 12.7 Å². The summed E-state index contributed by atoms with van der Waals surface area (Å²) in [5.41, 5.74) is 3.22. The van der Waals surface area contributed by atoms with E-state index in [4.69, 9.17) is 0 Å². The minimum atomic E-state index is -0.374. The first-order valence-electron chi connectivity index (χ1n) is 9.84. The van der Waals surface area contributed by atoms with Crippen molar-refractivity contribution in [3.8, 4) is 11.1 Å². The number of piperidine rings is 1. The smallest absolute Gasteiger partial charge is 0.261 e. The number of hydrogen-bond acceptors (Lipinski definition) is 4. The number of hydrogen-bond donors (Lipinski definition) is 0. The van der Waals surface area contributed by atoms with Gasteiger partial charge in [-0.25, -0.2) is 14.4 Å². The van der Waals surface area contributed by atoms with Crippen LogP contribution in [0.3, 0.4) is 0 Å². The Morgan fingerprint density at radius 3 is 2.69 bits per heavy atom. The summed E-state index contributed by atoms with van der Waals surface area (Å²) in [6.45, 7) is 3.80. The van der Waals surface area contributed by atoms with E-state index in [1.165, 1.54) is 6.07 Å². The Hall–Kier alpha value is -3.06. The predicted molar refractivity (Wildman–Crippen MR) is 111 cm³/mol. The van der Waals surface area contributed by atoms with Gasteiger partial charge >= 0.3 is 0 Å². The van der Waals surface area contributed by atoms with Gasteiger partial charge in [-0.15, -0.1) is 0 Å². The lowest BCUT2D eigenvalue weighted by atomic mass is 10.0. The van der Waals surface area contributed by atoms with Gasteiger partial charge in [-0.2, -0.15) is 0 Å². The fourth-order valence-corrected chi connectivity index (χ4v) is 4.19. The van der Waals surface area contributed by atoms with Crippen LogP contribution in [-0.2, 0) is 0 Å². The van der Waals surface area contributed by atoms with Gasteiger partial charge in [0.1, 0.15) is 0 Å². The van der Waals surface area contributed by atoms with Crippen LogP contribution in [0.5, 0.6) is 0 Å². The standard InChI is InChI=1S/C22H22FN5O/c1-14-11-27-12-16(9-19(23)21(27)25-14)15-3-4-18-20(10-15)24-13-28(22(18)29)17-5-7-26(2)8-6-17/h3-4,9-13,17H,5-8H2,1-2H3. The maximum atomic E-state index is 14.5. The Kier molecular flexibility index (Phi) is 4.20. The van der Waals surface area contributed by atoms with Crippen molar-refractivity contribution in [3.63, 3.8) is 0 Å². The zero-order valence-electron chi connectivity index (χ0n) is 16.5. The van der Waals surface area contributed by atoms with Crippen molar-refractivity contribution >= 4 is 16.6 Å². The zero-order valence-corrected chi connectivity index (χ0v) is 16.5. The molecule has 0 unspecified atom stereocenters. The number of halogens is 1. The monoisotopic (exact) mass is 391 g/mol. The topological polar surface area (TPSA) is 55.4 Å². The molecule has 0 spiro atoms. The second-order valence-electron chi connectivity index (χ2n) is 7.91. The molecule has 7 heteroatoms. The van der Waals surface area contributed by atoms with Crippen LogP contribution in [0.25, 0.3) is 27.7 Å². The van der Waals surface area contributed by atoms with Crippen molar-refractivity contribution in [1.29, 1.82) is 0 Å².